The third-order valence-corrected chi connectivity index (χ3v) is 9.62. The zero-order valence-electron chi connectivity index (χ0n) is 30.1. The highest BCUT2D eigenvalue weighted by Crippen LogP contribution is 2.50. The summed E-state index contributed by atoms with van der Waals surface area (Å²) < 4.78 is 22.3. The third-order valence-electron chi connectivity index (χ3n) is 9.62. The number of anilines is 1. The van der Waals surface area contributed by atoms with Gasteiger partial charge in [0, 0.05) is 36.0 Å². The molecule has 12 nitrogen and oxygen atoms in total. The van der Waals surface area contributed by atoms with E-state index in [2.05, 4.69) is 20.9 Å². The van der Waals surface area contributed by atoms with Crippen LogP contribution in [0.15, 0.2) is 59.5 Å². The van der Waals surface area contributed by atoms with Crippen molar-refractivity contribution < 1.29 is 33.3 Å². The number of aryl methyl sites for hydroxylation is 1. The molecule has 1 heterocycles. The number of carbonyl (C=O) groups is 3. The number of amides is 2. The van der Waals surface area contributed by atoms with Crippen molar-refractivity contribution in [3.8, 4) is 28.4 Å². The van der Waals surface area contributed by atoms with Crippen molar-refractivity contribution in [2.24, 2.45) is 5.92 Å². The van der Waals surface area contributed by atoms with Gasteiger partial charge in [-0.3, -0.25) is 14.4 Å². The summed E-state index contributed by atoms with van der Waals surface area (Å²) in [5, 5.41) is 10.1. The van der Waals surface area contributed by atoms with Gasteiger partial charge in [-0.1, -0.05) is 44.5 Å². The molecule has 4 atom stereocenters. The average molecular weight is 699 g/mol. The highest BCUT2D eigenvalue weighted by Gasteiger charge is 2.32. The Labute approximate surface area is 297 Å². The number of rotatable bonds is 13. The fraction of sp³-hybridized carbons (Fsp3) is 0.385. The van der Waals surface area contributed by atoms with E-state index in [9.17, 15) is 19.2 Å². The number of carbonyl (C=O) groups excluding carboxylic acids is 3. The van der Waals surface area contributed by atoms with Crippen LogP contribution in [0.4, 0.5) is 5.69 Å². The number of esters is 1. The first kappa shape index (κ1) is 36.8. The molecule has 1 aliphatic carbocycles. The Morgan fingerprint density at radius 3 is 2.39 bits per heavy atom. The number of fused-ring (bicyclic) bond motifs is 4. The summed E-state index contributed by atoms with van der Waals surface area (Å²) in [4.78, 5) is 56.6. The fourth-order valence-corrected chi connectivity index (χ4v) is 6.81. The van der Waals surface area contributed by atoms with Gasteiger partial charge in [-0.15, -0.1) is 0 Å². The van der Waals surface area contributed by atoms with E-state index in [1.54, 1.807) is 19.2 Å². The van der Waals surface area contributed by atoms with Gasteiger partial charge < -0.3 is 39.9 Å². The summed E-state index contributed by atoms with van der Waals surface area (Å²) in [6, 6.07) is 12.2. The molecule has 51 heavy (non-hydrogen) atoms. The van der Waals surface area contributed by atoms with Gasteiger partial charge >= 0.3 is 5.97 Å². The highest BCUT2D eigenvalue weighted by atomic mass is 16.5. The first-order valence-corrected chi connectivity index (χ1v) is 17.0. The number of hydrogen-bond acceptors (Lipinski definition) is 9. The number of hydrogen-bond donors (Lipinski definition) is 4. The van der Waals surface area contributed by atoms with E-state index in [1.165, 1.54) is 34.3 Å². The Kier molecular flexibility index (Phi) is 11.5. The predicted octanol–water partition coefficient (Wildman–Crippen LogP) is 5.07. The molecule has 4 unspecified atom stereocenters. The van der Waals surface area contributed by atoms with Gasteiger partial charge in [0.1, 0.15) is 12.1 Å². The topological polar surface area (TPSA) is 157 Å². The maximum absolute atomic E-state index is 14.0. The predicted molar refractivity (Wildman–Crippen MR) is 195 cm³/mol. The van der Waals surface area contributed by atoms with Gasteiger partial charge in [0.2, 0.25) is 23.0 Å². The summed E-state index contributed by atoms with van der Waals surface area (Å²) in [5.41, 5.74) is 4.45. The van der Waals surface area contributed by atoms with Crippen molar-refractivity contribution in [1.29, 1.82) is 0 Å². The molecular weight excluding hydrogens is 652 g/mol. The first-order valence-electron chi connectivity index (χ1n) is 17.0. The molecular formula is C39H46N4O8. The number of H-pyrrole nitrogens is 1. The quantitative estimate of drug-likeness (QED) is 0.140. The molecule has 0 fully saturated rings. The molecule has 1 aliphatic rings. The lowest BCUT2D eigenvalue weighted by Crippen LogP contribution is -2.51. The number of benzene rings is 2. The molecule has 0 saturated heterocycles. The Bertz CT molecular complexity index is 1990. The lowest BCUT2D eigenvalue weighted by molar-refractivity contribution is -0.145. The maximum Gasteiger partial charge on any atom is 0.328 e. The lowest BCUT2D eigenvalue weighted by atomic mass is 9.95. The van der Waals surface area contributed by atoms with Crippen LogP contribution in [0.1, 0.15) is 56.3 Å². The third kappa shape index (κ3) is 7.64. The first-order chi connectivity index (χ1) is 24.5. The molecule has 1 aromatic heterocycles. The largest absolute Gasteiger partial charge is 0.493 e. The van der Waals surface area contributed by atoms with Crippen LogP contribution in [-0.2, 0) is 32.0 Å². The second-order valence-electron chi connectivity index (χ2n) is 12.8. The van der Waals surface area contributed by atoms with Gasteiger partial charge in [-0.25, -0.2) is 4.79 Å². The average Bonchev–Trinajstić information content (AvgIpc) is 3.39. The number of nitrogens with one attached hydrogen (secondary N) is 4. The maximum atomic E-state index is 14.0. The normalized spacial score (nSPS) is 15.2. The summed E-state index contributed by atoms with van der Waals surface area (Å²) in [6.45, 7) is 5.29. The number of methoxy groups -OCH3 is 4. The van der Waals surface area contributed by atoms with Crippen LogP contribution < -0.4 is 35.6 Å². The van der Waals surface area contributed by atoms with E-state index in [0.717, 1.165) is 22.0 Å². The summed E-state index contributed by atoms with van der Waals surface area (Å²) in [6.07, 6.45) is 3.70. The molecule has 2 amide bonds. The number of ether oxygens (including phenoxy) is 4. The number of aromatic nitrogens is 1. The van der Waals surface area contributed by atoms with Crippen molar-refractivity contribution in [2.45, 2.75) is 64.6 Å². The van der Waals surface area contributed by atoms with Crippen LogP contribution in [-0.4, -0.2) is 63.3 Å². The minimum Gasteiger partial charge on any atom is -0.493 e. The van der Waals surface area contributed by atoms with Gasteiger partial charge in [0.15, 0.2) is 11.5 Å². The minimum atomic E-state index is -0.973. The van der Waals surface area contributed by atoms with E-state index in [0.29, 0.717) is 53.2 Å². The zero-order chi connectivity index (χ0) is 36.8. The van der Waals surface area contributed by atoms with Crippen LogP contribution in [0.5, 0.6) is 17.2 Å². The van der Waals surface area contributed by atoms with E-state index in [-0.39, 0.29) is 29.4 Å². The second kappa shape index (κ2) is 16.0. The molecule has 0 aliphatic heterocycles. The fourth-order valence-electron chi connectivity index (χ4n) is 6.81. The summed E-state index contributed by atoms with van der Waals surface area (Å²) in [5.74, 6) is -0.174. The molecule has 0 saturated carbocycles. The molecule has 12 heteroatoms. The molecule has 3 aromatic carbocycles. The molecule has 4 aromatic rings. The minimum absolute atomic E-state index is 0.178. The van der Waals surface area contributed by atoms with Crippen molar-refractivity contribution in [3.63, 3.8) is 0 Å². The molecule has 0 radical (unpaired) electrons. The van der Waals surface area contributed by atoms with E-state index < -0.39 is 30.0 Å². The Morgan fingerprint density at radius 2 is 1.73 bits per heavy atom. The van der Waals surface area contributed by atoms with Crippen molar-refractivity contribution in [2.75, 3.05) is 33.8 Å². The molecule has 0 bridgehead atoms. The van der Waals surface area contributed by atoms with Crippen LogP contribution in [0.2, 0.25) is 0 Å². The monoisotopic (exact) mass is 698 g/mol. The summed E-state index contributed by atoms with van der Waals surface area (Å²) in [7, 11) is 5.90. The number of para-hydroxylation sites is 1. The van der Waals surface area contributed by atoms with Crippen LogP contribution >= 0.6 is 0 Å². The standard InChI is InChI=1S/C39H46N4O8/c1-8-21(2)35(38(46)43-31(39(47)51-7)17-24-20-40-28-12-10-9-11-25(24)28)42-30-16-14-26-27(19-32(30)45)29(41-22(3)44)15-13-23-18-33(48-4)36(49-5)37(50-6)34(23)26/h9-12,14,16,18-21,29,31,35,40H,8,13,15,17H2,1-7H3,(H,41,44)(H,42,45)(H,43,46). The van der Waals surface area contributed by atoms with Crippen molar-refractivity contribution in [3.05, 3.63) is 81.6 Å². The molecule has 4 N–H and O–H groups in total. The Balaban J connectivity index is 1.55. The molecule has 5 rings (SSSR count). The Morgan fingerprint density at radius 1 is 0.980 bits per heavy atom. The second-order valence-corrected chi connectivity index (χ2v) is 12.8. The molecule has 0 spiro atoms. The van der Waals surface area contributed by atoms with Gasteiger partial charge in [0.05, 0.1) is 40.2 Å². The summed E-state index contributed by atoms with van der Waals surface area (Å²) >= 11 is 0. The van der Waals surface area contributed by atoms with Crippen LogP contribution in [0.25, 0.3) is 22.0 Å². The van der Waals surface area contributed by atoms with E-state index in [4.69, 9.17) is 18.9 Å². The van der Waals surface area contributed by atoms with Crippen molar-refractivity contribution in [1.82, 2.24) is 15.6 Å². The number of aromatic amines is 1. The van der Waals surface area contributed by atoms with E-state index >= 15 is 0 Å². The SMILES string of the molecule is CCC(C)C(Nc1ccc2c(cc1=O)C(NC(C)=O)CCc1cc(OC)c(OC)c(OC)c1-2)C(=O)NC(Cc1c[nH]c2ccccc12)C(=O)OC. The van der Waals surface area contributed by atoms with Gasteiger partial charge in [0.25, 0.3) is 0 Å². The Hall–Kier alpha value is -5.52. The lowest BCUT2D eigenvalue weighted by Gasteiger charge is -2.26. The zero-order valence-corrected chi connectivity index (χ0v) is 30.1. The van der Waals surface area contributed by atoms with Gasteiger partial charge in [-0.05, 0) is 65.3 Å². The van der Waals surface area contributed by atoms with Gasteiger partial charge in [-0.2, -0.15) is 0 Å². The van der Waals surface area contributed by atoms with E-state index in [1.807, 2.05) is 50.4 Å². The highest BCUT2D eigenvalue weighted by molar-refractivity contribution is 5.91. The van der Waals surface area contributed by atoms with Crippen molar-refractivity contribution >= 4 is 34.4 Å². The molecule has 270 valence electrons. The smallest absolute Gasteiger partial charge is 0.328 e. The van der Waals surface area contributed by atoms with Crippen LogP contribution in [0.3, 0.4) is 0 Å². The van der Waals surface area contributed by atoms with Crippen LogP contribution in [0, 0.1) is 5.92 Å².